The number of nitrogens with zero attached hydrogens (tertiary/aromatic N) is 2. The van der Waals surface area contributed by atoms with Crippen LogP contribution in [0.25, 0.3) is 11.3 Å². The third kappa shape index (κ3) is 4.05. The molecule has 3 aromatic rings. The second-order valence-corrected chi connectivity index (χ2v) is 7.96. The van der Waals surface area contributed by atoms with E-state index in [1.807, 2.05) is 35.2 Å². The van der Waals surface area contributed by atoms with Crippen molar-refractivity contribution in [3.05, 3.63) is 76.5 Å². The summed E-state index contributed by atoms with van der Waals surface area (Å²) in [5.74, 6) is 1.03. The van der Waals surface area contributed by atoms with Crippen molar-refractivity contribution in [1.29, 1.82) is 0 Å². The summed E-state index contributed by atoms with van der Waals surface area (Å²) >= 11 is 8.96. The van der Waals surface area contributed by atoms with Gasteiger partial charge in [0.05, 0.1) is 11.7 Å². The topological polar surface area (TPSA) is 61.5 Å². The molecule has 1 fully saturated rings. The van der Waals surface area contributed by atoms with E-state index >= 15 is 0 Å². The van der Waals surface area contributed by atoms with Gasteiger partial charge in [-0.15, -0.1) is 0 Å². The van der Waals surface area contributed by atoms with Crippen LogP contribution >= 0.6 is 28.1 Å². The SMILES string of the molecule is OCCCN1C(=S)N[C@H](c2ccccn2)[C@@H]1c1ccc(-c2ccc(F)cc2Br)o1. The molecule has 0 radical (unpaired) electrons. The lowest BCUT2D eigenvalue weighted by molar-refractivity contribution is 0.233. The number of hydrogen-bond acceptors (Lipinski definition) is 4. The molecule has 1 aliphatic heterocycles. The van der Waals surface area contributed by atoms with E-state index in [1.54, 1.807) is 12.3 Å². The minimum atomic E-state index is -0.317. The minimum Gasteiger partial charge on any atom is -0.459 e. The normalized spacial score (nSPS) is 18.9. The maximum atomic E-state index is 13.4. The summed E-state index contributed by atoms with van der Waals surface area (Å²) in [6.07, 6.45) is 2.33. The van der Waals surface area contributed by atoms with Gasteiger partial charge in [-0.05, 0) is 77.0 Å². The van der Waals surface area contributed by atoms with Crippen molar-refractivity contribution < 1.29 is 13.9 Å². The molecule has 8 heteroatoms. The Morgan fingerprint density at radius 2 is 2.10 bits per heavy atom. The number of hydrogen-bond donors (Lipinski definition) is 2. The minimum absolute atomic E-state index is 0.0754. The van der Waals surface area contributed by atoms with Crippen LogP contribution in [0.15, 0.2) is 63.6 Å². The number of aliphatic hydroxyl groups is 1. The number of benzene rings is 1. The smallest absolute Gasteiger partial charge is 0.170 e. The van der Waals surface area contributed by atoms with Crippen LogP contribution in [0.5, 0.6) is 0 Å². The van der Waals surface area contributed by atoms with Gasteiger partial charge in [-0.3, -0.25) is 4.98 Å². The van der Waals surface area contributed by atoms with Gasteiger partial charge in [0.15, 0.2) is 5.11 Å². The summed E-state index contributed by atoms with van der Waals surface area (Å²) in [4.78, 5) is 6.51. The molecule has 0 saturated carbocycles. The second-order valence-electron chi connectivity index (χ2n) is 6.72. The Labute approximate surface area is 181 Å². The van der Waals surface area contributed by atoms with Gasteiger partial charge < -0.3 is 19.7 Å². The molecule has 0 bridgehead atoms. The summed E-state index contributed by atoms with van der Waals surface area (Å²) in [6, 6.07) is 13.6. The number of furan rings is 1. The average molecular weight is 476 g/mol. The molecule has 150 valence electrons. The molecule has 0 unspecified atom stereocenters. The Morgan fingerprint density at radius 1 is 1.24 bits per heavy atom. The Morgan fingerprint density at radius 3 is 2.83 bits per heavy atom. The van der Waals surface area contributed by atoms with Crippen molar-refractivity contribution in [3.8, 4) is 11.3 Å². The van der Waals surface area contributed by atoms with E-state index in [9.17, 15) is 9.50 Å². The largest absolute Gasteiger partial charge is 0.459 e. The number of rotatable bonds is 6. The molecule has 2 aromatic heterocycles. The van der Waals surface area contributed by atoms with Crippen LogP contribution in [0.1, 0.15) is 30.0 Å². The van der Waals surface area contributed by atoms with E-state index in [1.165, 1.54) is 12.1 Å². The zero-order chi connectivity index (χ0) is 20.4. The van der Waals surface area contributed by atoms with Crippen molar-refractivity contribution in [1.82, 2.24) is 15.2 Å². The molecule has 4 rings (SSSR count). The van der Waals surface area contributed by atoms with Crippen molar-refractivity contribution in [3.63, 3.8) is 0 Å². The van der Waals surface area contributed by atoms with Crippen LogP contribution in [0.4, 0.5) is 4.39 Å². The molecule has 1 aromatic carbocycles. The molecule has 0 amide bonds. The Hall–Kier alpha value is -2.29. The lowest BCUT2D eigenvalue weighted by Gasteiger charge is -2.25. The third-order valence-electron chi connectivity index (χ3n) is 4.87. The zero-order valence-corrected chi connectivity index (χ0v) is 17.8. The van der Waals surface area contributed by atoms with Gasteiger partial charge in [0.1, 0.15) is 23.4 Å². The number of aliphatic hydroxyl groups excluding tert-OH is 1. The molecule has 1 saturated heterocycles. The van der Waals surface area contributed by atoms with Crippen molar-refractivity contribution in [2.24, 2.45) is 0 Å². The molecular formula is C21H19BrFN3O2S. The molecule has 5 nitrogen and oxygen atoms in total. The van der Waals surface area contributed by atoms with Gasteiger partial charge in [0.2, 0.25) is 0 Å². The maximum absolute atomic E-state index is 13.4. The number of nitrogens with one attached hydrogen (secondary N) is 1. The van der Waals surface area contributed by atoms with Crippen molar-refractivity contribution >= 4 is 33.3 Å². The van der Waals surface area contributed by atoms with Gasteiger partial charge in [-0.1, -0.05) is 6.07 Å². The fourth-order valence-electron chi connectivity index (χ4n) is 3.54. The molecule has 0 spiro atoms. The number of aromatic nitrogens is 1. The summed E-state index contributed by atoms with van der Waals surface area (Å²) in [5.41, 5.74) is 1.62. The molecule has 2 N–H and O–H groups in total. The standard InChI is InChI=1S/C21H19BrFN3O2S/c22-15-12-13(23)5-6-14(15)17-7-8-18(28-17)20-19(16-4-1-2-9-24-16)25-21(29)26(20)10-3-11-27/h1-2,4-9,12,19-20,27H,3,10-11H2,(H,25,29)/t19-,20+/m1/s1. The van der Waals surface area contributed by atoms with E-state index in [0.29, 0.717) is 28.3 Å². The first-order valence-electron chi connectivity index (χ1n) is 9.22. The Bertz CT molecular complexity index is 1010. The molecule has 29 heavy (non-hydrogen) atoms. The van der Waals surface area contributed by atoms with E-state index in [2.05, 4.69) is 26.2 Å². The van der Waals surface area contributed by atoms with Crippen molar-refractivity contribution in [2.45, 2.75) is 18.5 Å². The Balaban J connectivity index is 1.72. The van der Waals surface area contributed by atoms with Gasteiger partial charge >= 0.3 is 0 Å². The predicted molar refractivity (Wildman–Crippen MR) is 116 cm³/mol. The van der Waals surface area contributed by atoms with E-state index in [0.717, 1.165) is 17.0 Å². The summed E-state index contributed by atoms with van der Waals surface area (Å²) < 4.78 is 20.3. The fraction of sp³-hybridized carbons (Fsp3) is 0.238. The monoisotopic (exact) mass is 475 g/mol. The maximum Gasteiger partial charge on any atom is 0.170 e. The fourth-order valence-corrected chi connectivity index (χ4v) is 4.42. The van der Waals surface area contributed by atoms with Gasteiger partial charge in [-0.2, -0.15) is 0 Å². The first kappa shape index (κ1) is 20.0. The quantitative estimate of drug-likeness (QED) is 0.508. The number of pyridine rings is 1. The van der Waals surface area contributed by atoms with Crippen LogP contribution in [-0.4, -0.2) is 33.3 Å². The van der Waals surface area contributed by atoms with Crippen LogP contribution < -0.4 is 5.32 Å². The molecule has 0 aliphatic carbocycles. The van der Waals surface area contributed by atoms with Crippen LogP contribution in [0.3, 0.4) is 0 Å². The first-order valence-corrected chi connectivity index (χ1v) is 10.4. The highest BCUT2D eigenvalue weighted by atomic mass is 79.9. The summed E-state index contributed by atoms with van der Waals surface area (Å²) in [6.45, 7) is 0.665. The summed E-state index contributed by atoms with van der Waals surface area (Å²) in [5, 5.41) is 13.2. The Kier molecular flexibility index (Phi) is 5.94. The number of thiocarbonyl (C=S) groups is 1. The van der Waals surface area contributed by atoms with E-state index < -0.39 is 0 Å². The second kappa shape index (κ2) is 8.61. The summed E-state index contributed by atoms with van der Waals surface area (Å²) in [7, 11) is 0. The van der Waals surface area contributed by atoms with Gasteiger partial charge in [-0.25, -0.2) is 4.39 Å². The van der Waals surface area contributed by atoms with Gasteiger partial charge in [0, 0.05) is 29.4 Å². The van der Waals surface area contributed by atoms with Crippen LogP contribution in [-0.2, 0) is 0 Å². The number of halogens is 2. The molecule has 3 heterocycles. The van der Waals surface area contributed by atoms with Gasteiger partial charge in [0.25, 0.3) is 0 Å². The predicted octanol–water partition coefficient (Wildman–Crippen LogP) is 4.60. The first-order chi connectivity index (χ1) is 14.1. The highest BCUT2D eigenvalue weighted by Gasteiger charge is 2.41. The molecular weight excluding hydrogens is 457 g/mol. The lowest BCUT2D eigenvalue weighted by Crippen LogP contribution is -2.30. The van der Waals surface area contributed by atoms with E-state index in [4.69, 9.17) is 16.6 Å². The highest BCUT2D eigenvalue weighted by molar-refractivity contribution is 9.10. The average Bonchev–Trinajstić information content (AvgIpc) is 3.31. The lowest BCUT2D eigenvalue weighted by atomic mass is 10.0. The molecule has 2 atom stereocenters. The van der Waals surface area contributed by atoms with Crippen LogP contribution in [0, 0.1) is 5.82 Å². The highest BCUT2D eigenvalue weighted by Crippen LogP contribution is 2.41. The molecule has 1 aliphatic rings. The van der Waals surface area contributed by atoms with Crippen LogP contribution in [0.2, 0.25) is 0 Å². The van der Waals surface area contributed by atoms with Crippen molar-refractivity contribution in [2.75, 3.05) is 13.2 Å². The zero-order valence-electron chi connectivity index (χ0n) is 15.4. The third-order valence-corrected chi connectivity index (χ3v) is 5.88. The van der Waals surface area contributed by atoms with E-state index in [-0.39, 0.29) is 24.5 Å².